The minimum atomic E-state index is -4.05. The van der Waals surface area contributed by atoms with Gasteiger partial charge in [0.25, 0.3) is 0 Å². The highest BCUT2D eigenvalue weighted by Crippen LogP contribution is 2.35. The molecule has 4 aromatic carbocycles. The van der Waals surface area contributed by atoms with Crippen LogP contribution in [-0.4, -0.2) is 64.3 Å². The van der Waals surface area contributed by atoms with Gasteiger partial charge < -0.3 is 18.3 Å². The molecule has 0 aliphatic rings. The van der Waals surface area contributed by atoms with Gasteiger partial charge in [0.1, 0.15) is 45.5 Å². The fourth-order valence-corrected chi connectivity index (χ4v) is 8.10. The average molecular weight is 1060 g/mol. The van der Waals surface area contributed by atoms with Crippen molar-refractivity contribution in [3.63, 3.8) is 0 Å². The van der Waals surface area contributed by atoms with Crippen molar-refractivity contribution in [1.29, 1.82) is 0 Å². The monoisotopic (exact) mass is 1060 g/mol. The van der Waals surface area contributed by atoms with Gasteiger partial charge in [-0.15, -0.1) is 0 Å². The fourth-order valence-electron chi connectivity index (χ4n) is 6.58. The molecule has 1 N–H and O–H groups in total. The molecular weight excluding hydrogens is 1000 g/mol. The predicted molar refractivity (Wildman–Crippen MR) is 265 cm³/mol. The van der Waals surface area contributed by atoms with Gasteiger partial charge >= 0.3 is 12.2 Å². The zero-order chi connectivity index (χ0) is 51.6. The van der Waals surface area contributed by atoms with Gasteiger partial charge in [0.05, 0.1) is 29.3 Å². The van der Waals surface area contributed by atoms with Crippen LogP contribution in [0.3, 0.4) is 0 Å². The molecule has 2 amide bonds. The number of hydrogen-bond donors (Lipinski definition) is 1. The van der Waals surface area contributed by atoms with Crippen molar-refractivity contribution in [2.24, 2.45) is 0 Å². The Morgan fingerprint density at radius 2 is 1.06 bits per heavy atom. The summed E-state index contributed by atoms with van der Waals surface area (Å²) in [5.41, 5.74) is 1.05. The molecule has 69 heavy (non-hydrogen) atoms. The Hall–Kier alpha value is -5.92. The molecule has 0 saturated heterocycles. The molecule has 6 rings (SSSR count). The van der Waals surface area contributed by atoms with Crippen molar-refractivity contribution < 1.29 is 63.1 Å². The maximum Gasteiger partial charge on any atom is 0.428 e. The SMILES string of the molecule is CC(C)(C)OC(=O)NS(C)(=O)=O.CCCCc1oc2ccc(Br)cc2c1C(=O)c1ccc(F)cc1.CCCCc1oc2ccc(N(C(=O)OC(C)(C)C)S(C)(=O)=O)cc2c1C(=O)c1ccc(F)cc1. The van der Waals surface area contributed by atoms with Gasteiger partial charge in [0.2, 0.25) is 20.0 Å². The first kappa shape index (κ1) is 55.7. The maximum absolute atomic E-state index is 13.4. The summed E-state index contributed by atoms with van der Waals surface area (Å²) >= 11 is 3.44. The van der Waals surface area contributed by atoms with E-state index >= 15 is 0 Å². The van der Waals surface area contributed by atoms with Crippen LogP contribution in [0.5, 0.6) is 0 Å². The molecule has 0 unspecified atom stereocenters. The molecule has 6 aromatic rings. The minimum Gasteiger partial charge on any atom is -0.460 e. The number of fused-ring (bicyclic) bond motifs is 2. The number of anilines is 1. The summed E-state index contributed by atoms with van der Waals surface area (Å²) in [6, 6.07) is 20.8. The number of furan rings is 2. The number of carbonyl (C=O) groups is 4. The summed E-state index contributed by atoms with van der Waals surface area (Å²) in [5, 5.41) is 1.15. The summed E-state index contributed by atoms with van der Waals surface area (Å²) in [6.07, 6.45) is 4.58. The fraction of sp³-hybridized carbons (Fsp3) is 0.360. The van der Waals surface area contributed by atoms with E-state index in [4.69, 9.17) is 13.6 Å². The van der Waals surface area contributed by atoms with Gasteiger partial charge in [0, 0.05) is 39.2 Å². The molecular formula is C50H57BrF2N2O12S2. The maximum atomic E-state index is 13.4. The number of nitrogens with one attached hydrogen (secondary N) is 1. The van der Waals surface area contributed by atoms with Crippen LogP contribution in [0, 0.1) is 11.6 Å². The number of aryl methyl sites for hydroxylation is 2. The summed E-state index contributed by atoms with van der Waals surface area (Å²) in [4.78, 5) is 49.9. The topological polar surface area (TPSA) is 197 Å². The van der Waals surface area contributed by atoms with Gasteiger partial charge in [-0.05, 0) is 139 Å². The van der Waals surface area contributed by atoms with Crippen molar-refractivity contribution in [1.82, 2.24) is 4.72 Å². The Kier molecular flexibility index (Phi) is 18.7. The number of carbonyl (C=O) groups excluding carboxylic acids is 4. The Balaban J connectivity index is 0.000000254. The molecule has 19 heteroatoms. The van der Waals surface area contributed by atoms with E-state index in [9.17, 15) is 44.8 Å². The van der Waals surface area contributed by atoms with E-state index in [1.807, 2.05) is 25.1 Å². The number of ketones is 2. The summed E-state index contributed by atoms with van der Waals surface area (Å²) in [6.45, 7) is 13.9. The van der Waals surface area contributed by atoms with E-state index in [0.29, 0.717) is 56.3 Å². The number of ether oxygens (including phenoxy) is 2. The van der Waals surface area contributed by atoms with E-state index in [0.717, 1.165) is 48.1 Å². The lowest BCUT2D eigenvalue weighted by Crippen LogP contribution is -2.40. The van der Waals surface area contributed by atoms with Crippen LogP contribution >= 0.6 is 15.9 Å². The molecule has 0 atom stereocenters. The number of nitrogens with zero attached hydrogens (tertiary/aromatic N) is 1. The summed E-state index contributed by atoms with van der Waals surface area (Å²) < 4.78 is 97.5. The third-order valence-electron chi connectivity index (χ3n) is 9.44. The molecule has 0 bridgehead atoms. The Bertz CT molecular complexity index is 3030. The summed E-state index contributed by atoms with van der Waals surface area (Å²) in [7, 11) is -7.57. The van der Waals surface area contributed by atoms with E-state index in [-0.39, 0.29) is 34.2 Å². The van der Waals surface area contributed by atoms with Gasteiger partial charge in [-0.3, -0.25) is 9.59 Å². The van der Waals surface area contributed by atoms with Gasteiger partial charge in [-0.1, -0.05) is 42.6 Å². The molecule has 0 spiro atoms. The predicted octanol–water partition coefficient (Wildman–Crippen LogP) is 12.2. The lowest BCUT2D eigenvalue weighted by molar-refractivity contribution is 0.0566. The van der Waals surface area contributed by atoms with Crippen molar-refractivity contribution in [2.75, 3.05) is 16.8 Å². The average Bonchev–Trinajstić information content (AvgIpc) is 3.77. The minimum absolute atomic E-state index is 0.0141. The van der Waals surface area contributed by atoms with Gasteiger partial charge in [0.15, 0.2) is 11.6 Å². The summed E-state index contributed by atoms with van der Waals surface area (Å²) in [5.74, 6) is -0.185. The number of amides is 2. The van der Waals surface area contributed by atoms with Crippen molar-refractivity contribution in [3.05, 3.63) is 135 Å². The zero-order valence-corrected chi connectivity index (χ0v) is 43.3. The molecule has 2 heterocycles. The zero-order valence-electron chi connectivity index (χ0n) is 40.1. The smallest absolute Gasteiger partial charge is 0.428 e. The molecule has 0 radical (unpaired) electrons. The number of sulfonamides is 2. The van der Waals surface area contributed by atoms with E-state index < -0.39 is 49.3 Å². The van der Waals surface area contributed by atoms with Crippen molar-refractivity contribution >= 4 is 87.4 Å². The Morgan fingerprint density at radius 1 is 0.638 bits per heavy atom. The normalized spacial score (nSPS) is 11.8. The van der Waals surface area contributed by atoms with Crippen LogP contribution in [0.25, 0.3) is 21.9 Å². The van der Waals surface area contributed by atoms with Crippen molar-refractivity contribution in [3.8, 4) is 0 Å². The highest BCUT2D eigenvalue weighted by atomic mass is 79.9. The lowest BCUT2D eigenvalue weighted by atomic mass is 9.98. The Labute approximate surface area is 409 Å². The van der Waals surface area contributed by atoms with E-state index in [2.05, 4.69) is 27.6 Å². The molecule has 0 saturated carbocycles. The molecule has 0 fully saturated rings. The van der Waals surface area contributed by atoms with Crippen LogP contribution in [0.15, 0.2) is 98.2 Å². The number of unbranched alkanes of at least 4 members (excludes halogenated alkanes) is 2. The van der Waals surface area contributed by atoms with Crippen LogP contribution in [0.4, 0.5) is 24.1 Å². The second-order valence-corrected chi connectivity index (χ2v) is 22.4. The van der Waals surface area contributed by atoms with Crippen LogP contribution in [0.2, 0.25) is 0 Å². The first-order chi connectivity index (χ1) is 32.0. The standard InChI is InChI=1S/C25H28FNO6S.C19H16BrFO2.C6H13NO4S/c1-6-7-8-21-22(23(28)16-9-11-17(26)12-10-16)19-15-18(13-14-20(19)32-21)27(34(5,30)31)24(29)33-25(2,3)4;1-2-3-4-17-18(15-11-13(20)7-10-16(15)23-17)19(22)12-5-8-14(21)9-6-12;1-6(2,3)11-5(8)7-12(4,9)10/h9-15H,6-8H2,1-5H3;5-11H,2-4H2,1H3;1-4H3,(H,7,8). The first-order valence-electron chi connectivity index (χ1n) is 21.8. The van der Waals surface area contributed by atoms with E-state index in [1.165, 1.54) is 66.7 Å². The third-order valence-corrected chi connectivity index (χ3v) is 11.5. The highest BCUT2D eigenvalue weighted by Gasteiger charge is 2.32. The second kappa shape index (κ2) is 23.1. The molecule has 14 nitrogen and oxygen atoms in total. The quantitative estimate of drug-likeness (QED) is 0.108. The van der Waals surface area contributed by atoms with Crippen LogP contribution in [-0.2, 0) is 42.4 Å². The number of rotatable bonds is 13. The molecule has 372 valence electrons. The third kappa shape index (κ3) is 16.3. The molecule has 2 aromatic heterocycles. The van der Waals surface area contributed by atoms with Crippen molar-refractivity contribution in [2.45, 2.75) is 105 Å². The lowest BCUT2D eigenvalue weighted by Gasteiger charge is -2.25. The number of hydrogen-bond acceptors (Lipinski definition) is 12. The largest absolute Gasteiger partial charge is 0.460 e. The van der Waals surface area contributed by atoms with Crippen LogP contribution < -0.4 is 9.03 Å². The molecule has 0 aliphatic carbocycles. The first-order valence-corrected chi connectivity index (χ1v) is 26.4. The van der Waals surface area contributed by atoms with Gasteiger partial charge in [-0.2, -0.15) is 4.31 Å². The van der Waals surface area contributed by atoms with Crippen LogP contribution in [0.1, 0.15) is 124 Å². The van der Waals surface area contributed by atoms with Gasteiger partial charge in [-0.25, -0.2) is 39.9 Å². The number of halogens is 3. The highest BCUT2D eigenvalue weighted by molar-refractivity contribution is 9.10. The molecule has 0 aliphatic heterocycles. The second-order valence-electron chi connectivity index (χ2n) is 17.9. The van der Waals surface area contributed by atoms with E-state index in [1.54, 1.807) is 46.3 Å². The number of benzene rings is 4. The Morgan fingerprint density at radius 3 is 1.45 bits per heavy atom.